The lowest BCUT2D eigenvalue weighted by atomic mass is 10.0. The van der Waals surface area contributed by atoms with Crippen LogP contribution in [-0.2, 0) is 0 Å². The molecule has 3 aromatic rings. The van der Waals surface area contributed by atoms with Crippen LogP contribution < -0.4 is 10.6 Å². The first-order chi connectivity index (χ1) is 12.5. The number of nitrogens with zero attached hydrogens (tertiary/aromatic N) is 2. The van der Waals surface area contributed by atoms with E-state index >= 15 is 0 Å². The van der Waals surface area contributed by atoms with Crippen molar-refractivity contribution in [3.63, 3.8) is 0 Å². The molecule has 0 bridgehead atoms. The van der Waals surface area contributed by atoms with E-state index in [1.165, 1.54) is 0 Å². The fourth-order valence-electron chi connectivity index (χ4n) is 2.54. The minimum absolute atomic E-state index is 0.268. The summed E-state index contributed by atoms with van der Waals surface area (Å²) < 4.78 is 0. The van der Waals surface area contributed by atoms with Crippen molar-refractivity contribution in [1.82, 2.24) is 9.97 Å². The van der Waals surface area contributed by atoms with Gasteiger partial charge in [-0.1, -0.05) is 49.7 Å². The maximum Gasteiger partial charge on any atom is 0.274 e. The van der Waals surface area contributed by atoms with Crippen LogP contribution in [0, 0.1) is 0 Å². The van der Waals surface area contributed by atoms with Crippen LogP contribution in [0.15, 0.2) is 60.8 Å². The number of hydrogen-bond donors (Lipinski definition) is 2. The first-order valence-electron chi connectivity index (χ1n) is 8.29. The number of rotatable bonds is 5. The number of anilines is 3. The number of benzene rings is 2. The second kappa shape index (κ2) is 7.97. The number of carbonyl (C=O) groups excluding carboxylic acids is 1. The summed E-state index contributed by atoms with van der Waals surface area (Å²) in [4.78, 5) is 21.0. The Balaban J connectivity index is 1.79. The van der Waals surface area contributed by atoms with Gasteiger partial charge in [-0.3, -0.25) is 4.79 Å². The highest BCUT2D eigenvalue weighted by Gasteiger charge is 2.11. The Morgan fingerprint density at radius 1 is 1.08 bits per heavy atom. The van der Waals surface area contributed by atoms with Crippen LogP contribution in [0.3, 0.4) is 0 Å². The average molecular weight is 367 g/mol. The Labute approximate surface area is 157 Å². The van der Waals surface area contributed by atoms with Crippen LogP contribution in [-0.4, -0.2) is 15.9 Å². The highest BCUT2D eigenvalue weighted by atomic mass is 35.5. The Morgan fingerprint density at radius 2 is 1.88 bits per heavy atom. The van der Waals surface area contributed by atoms with Crippen molar-refractivity contribution in [3.8, 4) is 0 Å². The number of nitrogens with one attached hydrogen (secondary N) is 2. The van der Waals surface area contributed by atoms with Crippen LogP contribution in [0.25, 0.3) is 0 Å². The summed E-state index contributed by atoms with van der Waals surface area (Å²) in [5.41, 5.74) is 2.96. The van der Waals surface area contributed by atoms with Gasteiger partial charge in [-0.25, -0.2) is 9.97 Å². The summed E-state index contributed by atoms with van der Waals surface area (Å²) in [5.74, 6) is 0.403. The van der Waals surface area contributed by atoms with Gasteiger partial charge in [-0.05, 0) is 41.8 Å². The normalized spacial score (nSPS) is 10.6. The summed E-state index contributed by atoms with van der Waals surface area (Å²) >= 11 is 5.94. The molecule has 0 atom stereocenters. The fraction of sp³-hybridized carbons (Fsp3) is 0.150. The molecule has 132 valence electrons. The monoisotopic (exact) mass is 366 g/mol. The molecule has 6 heteroatoms. The third-order valence-electron chi connectivity index (χ3n) is 3.80. The fourth-order valence-corrected chi connectivity index (χ4v) is 2.73. The molecule has 0 fully saturated rings. The van der Waals surface area contributed by atoms with E-state index in [2.05, 4.69) is 40.5 Å². The standard InChI is InChI=1S/C20H19ClN4O/c1-13(2)16-8-3-4-9-17(16)24-20-22-11-10-18(25-20)19(26)23-15-7-5-6-14(21)12-15/h3-13H,1-2H3,(H,23,26)(H,22,24,25). The number of carbonyl (C=O) groups is 1. The van der Waals surface area contributed by atoms with Gasteiger partial charge in [-0.15, -0.1) is 0 Å². The minimum Gasteiger partial charge on any atom is -0.324 e. The quantitative estimate of drug-likeness (QED) is 0.647. The van der Waals surface area contributed by atoms with Crippen LogP contribution in [0.1, 0.15) is 35.8 Å². The lowest BCUT2D eigenvalue weighted by Crippen LogP contribution is -2.15. The third kappa shape index (κ3) is 4.37. The Morgan fingerprint density at radius 3 is 2.65 bits per heavy atom. The van der Waals surface area contributed by atoms with Crippen LogP contribution in [0.5, 0.6) is 0 Å². The van der Waals surface area contributed by atoms with E-state index in [0.717, 1.165) is 11.3 Å². The summed E-state index contributed by atoms with van der Waals surface area (Å²) in [6.45, 7) is 4.24. The molecule has 2 aromatic carbocycles. The number of aromatic nitrogens is 2. The summed E-state index contributed by atoms with van der Waals surface area (Å²) in [6.07, 6.45) is 1.56. The topological polar surface area (TPSA) is 66.9 Å². The van der Waals surface area contributed by atoms with Crippen molar-refractivity contribution in [3.05, 3.63) is 77.1 Å². The van der Waals surface area contributed by atoms with E-state index in [9.17, 15) is 4.79 Å². The zero-order valence-electron chi connectivity index (χ0n) is 14.5. The highest BCUT2D eigenvalue weighted by Crippen LogP contribution is 2.25. The molecule has 26 heavy (non-hydrogen) atoms. The number of hydrogen-bond acceptors (Lipinski definition) is 4. The van der Waals surface area contributed by atoms with Crippen molar-refractivity contribution in [2.24, 2.45) is 0 Å². The van der Waals surface area contributed by atoms with Gasteiger partial charge < -0.3 is 10.6 Å². The van der Waals surface area contributed by atoms with Gasteiger partial charge in [0.2, 0.25) is 5.95 Å². The van der Waals surface area contributed by atoms with Gasteiger partial charge in [-0.2, -0.15) is 0 Å². The van der Waals surface area contributed by atoms with Crippen LogP contribution >= 0.6 is 11.6 Å². The Hall–Kier alpha value is -2.92. The van der Waals surface area contributed by atoms with Gasteiger partial charge in [0.05, 0.1) is 0 Å². The van der Waals surface area contributed by atoms with Gasteiger partial charge in [0, 0.05) is 22.6 Å². The molecule has 0 radical (unpaired) electrons. The lowest BCUT2D eigenvalue weighted by Gasteiger charge is -2.13. The molecule has 0 saturated heterocycles. The predicted octanol–water partition coefficient (Wildman–Crippen LogP) is 5.25. The molecule has 2 N–H and O–H groups in total. The highest BCUT2D eigenvalue weighted by molar-refractivity contribution is 6.30. The molecule has 0 aliphatic heterocycles. The Kier molecular flexibility index (Phi) is 5.49. The van der Waals surface area contributed by atoms with Gasteiger partial charge in [0.1, 0.15) is 5.69 Å². The van der Waals surface area contributed by atoms with Gasteiger partial charge >= 0.3 is 0 Å². The van der Waals surface area contributed by atoms with Crippen molar-refractivity contribution in [2.45, 2.75) is 19.8 Å². The predicted molar refractivity (Wildman–Crippen MR) is 105 cm³/mol. The molecule has 3 rings (SSSR count). The Bertz CT molecular complexity index is 927. The molecule has 0 unspecified atom stereocenters. The van der Waals surface area contributed by atoms with E-state index in [1.807, 2.05) is 18.2 Å². The molecule has 0 aliphatic carbocycles. The van der Waals surface area contributed by atoms with Gasteiger partial charge in [0.25, 0.3) is 5.91 Å². The van der Waals surface area contributed by atoms with Crippen LogP contribution in [0.2, 0.25) is 5.02 Å². The summed E-state index contributed by atoms with van der Waals surface area (Å²) in [5, 5.41) is 6.53. The van der Waals surface area contributed by atoms with E-state index in [0.29, 0.717) is 22.6 Å². The molecule has 1 amide bonds. The molecule has 1 heterocycles. The number of para-hydroxylation sites is 1. The second-order valence-corrected chi connectivity index (χ2v) is 6.53. The second-order valence-electron chi connectivity index (χ2n) is 6.10. The van der Waals surface area contributed by atoms with Gasteiger partial charge in [0.15, 0.2) is 0 Å². The van der Waals surface area contributed by atoms with E-state index < -0.39 is 0 Å². The smallest absolute Gasteiger partial charge is 0.274 e. The molecule has 0 aliphatic rings. The maximum atomic E-state index is 12.4. The van der Waals surface area contributed by atoms with Crippen molar-refractivity contribution in [1.29, 1.82) is 0 Å². The molecule has 5 nitrogen and oxygen atoms in total. The molecule has 0 spiro atoms. The summed E-state index contributed by atoms with van der Waals surface area (Å²) in [6, 6.07) is 16.5. The lowest BCUT2D eigenvalue weighted by molar-refractivity contribution is 0.102. The molecule has 1 aromatic heterocycles. The largest absolute Gasteiger partial charge is 0.324 e. The minimum atomic E-state index is -0.324. The zero-order valence-corrected chi connectivity index (χ0v) is 15.3. The third-order valence-corrected chi connectivity index (χ3v) is 4.04. The molecular formula is C20H19ClN4O. The SMILES string of the molecule is CC(C)c1ccccc1Nc1nccc(C(=O)Nc2cccc(Cl)c2)n1. The van der Waals surface area contributed by atoms with E-state index in [4.69, 9.17) is 11.6 Å². The first kappa shape index (κ1) is 17.9. The van der Waals surface area contributed by atoms with Crippen LogP contribution in [0.4, 0.5) is 17.3 Å². The van der Waals surface area contributed by atoms with E-state index in [1.54, 1.807) is 36.5 Å². The number of halogens is 1. The van der Waals surface area contributed by atoms with Crippen molar-refractivity contribution < 1.29 is 4.79 Å². The molecule has 0 saturated carbocycles. The van der Waals surface area contributed by atoms with Crippen molar-refractivity contribution >= 4 is 34.8 Å². The van der Waals surface area contributed by atoms with Crippen molar-refractivity contribution in [2.75, 3.05) is 10.6 Å². The number of amides is 1. The van der Waals surface area contributed by atoms with E-state index in [-0.39, 0.29) is 11.6 Å². The molecular weight excluding hydrogens is 348 g/mol. The zero-order chi connectivity index (χ0) is 18.5. The first-order valence-corrected chi connectivity index (χ1v) is 8.66. The average Bonchev–Trinajstić information content (AvgIpc) is 2.62. The maximum absolute atomic E-state index is 12.4. The summed E-state index contributed by atoms with van der Waals surface area (Å²) in [7, 11) is 0.